The number of ether oxygens (including phenoxy) is 1. The molecule has 126 valence electrons. The van der Waals surface area contributed by atoms with E-state index in [1.807, 2.05) is 31.2 Å². The molecule has 0 spiro atoms. The molecule has 0 saturated carbocycles. The van der Waals surface area contributed by atoms with Gasteiger partial charge in [-0.25, -0.2) is 4.79 Å². The van der Waals surface area contributed by atoms with Gasteiger partial charge in [-0.3, -0.25) is 4.79 Å². The van der Waals surface area contributed by atoms with Crippen LogP contribution in [-0.4, -0.2) is 19.0 Å². The maximum absolute atomic E-state index is 12.1. The summed E-state index contributed by atoms with van der Waals surface area (Å²) in [4.78, 5) is 23.8. The Bertz CT molecular complexity index is 969. The molecule has 1 heterocycles. The first-order valence-corrected chi connectivity index (χ1v) is 7.73. The molecular formula is C20H17NO4. The monoisotopic (exact) mass is 335 g/mol. The second-order valence-corrected chi connectivity index (χ2v) is 5.55. The number of hydrogen-bond donors (Lipinski definition) is 1. The lowest BCUT2D eigenvalue weighted by Gasteiger charge is -2.07. The fourth-order valence-corrected chi connectivity index (χ4v) is 2.48. The van der Waals surface area contributed by atoms with E-state index in [4.69, 9.17) is 9.15 Å². The molecule has 3 aromatic rings. The number of benzene rings is 2. The fraction of sp³-hybridized carbons (Fsp3) is 0.100. The van der Waals surface area contributed by atoms with Gasteiger partial charge in [0, 0.05) is 11.5 Å². The van der Waals surface area contributed by atoms with Crippen molar-refractivity contribution in [2.45, 2.75) is 6.92 Å². The lowest BCUT2D eigenvalue weighted by atomic mass is 10.1. The molecule has 0 bridgehead atoms. The van der Waals surface area contributed by atoms with Crippen LogP contribution < -0.4 is 5.32 Å². The van der Waals surface area contributed by atoms with Crippen molar-refractivity contribution in [3.8, 4) is 0 Å². The minimum Gasteiger partial charge on any atom is -0.465 e. The Morgan fingerprint density at radius 3 is 2.72 bits per heavy atom. The van der Waals surface area contributed by atoms with E-state index in [2.05, 4.69) is 5.32 Å². The lowest BCUT2D eigenvalue weighted by molar-refractivity contribution is -0.111. The minimum atomic E-state index is -0.507. The SMILES string of the molecule is COC(=O)c1ccccc1NC(=O)/C=C/c1cc2cc(C)ccc2o1. The summed E-state index contributed by atoms with van der Waals surface area (Å²) in [5.74, 6) is -0.294. The average Bonchev–Trinajstić information content (AvgIpc) is 3.02. The highest BCUT2D eigenvalue weighted by Gasteiger charge is 2.12. The molecule has 0 atom stereocenters. The molecule has 0 saturated heterocycles. The Balaban J connectivity index is 1.76. The molecule has 5 heteroatoms. The zero-order valence-electron chi connectivity index (χ0n) is 13.9. The fourth-order valence-electron chi connectivity index (χ4n) is 2.48. The number of carbonyl (C=O) groups excluding carboxylic acids is 2. The number of hydrogen-bond acceptors (Lipinski definition) is 4. The molecule has 5 nitrogen and oxygen atoms in total. The normalized spacial score (nSPS) is 11.0. The maximum atomic E-state index is 12.1. The van der Waals surface area contributed by atoms with E-state index in [9.17, 15) is 9.59 Å². The number of carbonyl (C=O) groups is 2. The lowest BCUT2D eigenvalue weighted by Crippen LogP contribution is -2.12. The number of amides is 1. The highest BCUT2D eigenvalue weighted by Crippen LogP contribution is 2.21. The van der Waals surface area contributed by atoms with Crippen LogP contribution in [0.2, 0.25) is 0 Å². The van der Waals surface area contributed by atoms with Gasteiger partial charge in [-0.2, -0.15) is 0 Å². The summed E-state index contributed by atoms with van der Waals surface area (Å²) in [5, 5.41) is 3.65. The van der Waals surface area contributed by atoms with Gasteiger partial charge in [0.1, 0.15) is 11.3 Å². The van der Waals surface area contributed by atoms with Gasteiger partial charge in [-0.1, -0.05) is 23.8 Å². The smallest absolute Gasteiger partial charge is 0.339 e. The van der Waals surface area contributed by atoms with Crippen LogP contribution in [0.4, 0.5) is 5.69 Å². The van der Waals surface area contributed by atoms with Gasteiger partial charge in [0.2, 0.25) is 5.91 Å². The predicted molar refractivity (Wildman–Crippen MR) is 96.4 cm³/mol. The van der Waals surface area contributed by atoms with Crippen molar-refractivity contribution in [2.75, 3.05) is 12.4 Å². The van der Waals surface area contributed by atoms with E-state index in [-0.39, 0.29) is 5.91 Å². The van der Waals surface area contributed by atoms with Gasteiger partial charge < -0.3 is 14.5 Å². The van der Waals surface area contributed by atoms with E-state index in [1.165, 1.54) is 13.2 Å². The highest BCUT2D eigenvalue weighted by molar-refractivity contribution is 6.06. The Kier molecular flexibility index (Phi) is 4.66. The zero-order valence-corrected chi connectivity index (χ0v) is 13.9. The van der Waals surface area contributed by atoms with Crippen molar-refractivity contribution in [2.24, 2.45) is 0 Å². The third-order valence-electron chi connectivity index (χ3n) is 3.68. The number of para-hydroxylation sites is 1. The van der Waals surface area contributed by atoms with E-state index < -0.39 is 5.97 Å². The van der Waals surface area contributed by atoms with E-state index in [0.29, 0.717) is 17.0 Å². The Hall–Kier alpha value is -3.34. The van der Waals surface area contributed by atoms with Crippen LogP contribution in [-0.2, 0) is 9.53 Å². The van der Waals surface area contributed by atoms with Gasteiger partial charge in [-0.15, -0.1) is 0 Å². The Morgan fingerprint density at radius 2 is 1.92 bits per heavy atom. The largest absolute Gasteiger partial charge is 0.465 e. The first kappa shape index (κ1) is 16.5. The van der Waals surface area contributed by atoms with Crippen molar-refractivity contribution in [1.82, 2.24) is 0 Å². The second kappa shape index (κ2) is 7.05. The molecule has 0 fully saturated rings. The van der Waals surface area contributed by atoms with Crippen molar-refractivity contribution >= 4 is 34.6 Å². The molecule has 0 radical (unpaired) electrons. The molecule has 1 amide bonds. The van der Waals surface area contributed by atoms with Crippen LogP contribution in [0.5, 0.6) is 0 Å². The molecule has 0 aliphatic carbocycles. The Morgan fingerprint density at radius 1 is 1.12 bits per heavy atom. The van der Waals surface area contributed by atoms with Gasteiger partial charge in [0.05, 0.1) is 18.4 Å². The van der Waals surface area contributed by atoms with Gasteiger partial charge in [0.25, 0.3) is 0 Å². The predicted octanol–water partition coefficient (Wildman–Crippen LogP) is 4.18. The van der Waals surface area contributed by atoms with Crippen LogP contribution in [0.3, 0.4) is 0 Å². The highest BCUT2D eigenvalue weighted by atomic mass is 16.5. The number of fused-ring (bicyclic) bond motifs is 1. The molecular weight excluding hydrogens is 318 g/mol. The first-order chi connectivity index (χ1) is 12.1. The van der Waals surface area contributed by atoms with Gasteiger partial charge in [-0.05, 0) is 43.3 Å². The maximum Gasteiger partial charge on any atom is 0.339 e. The van der Waals surface area contributed by atoms with E-state index in [0.717, 1.165) is 16.5 Å². The van der Waals surface area contributed by atoms with Crippen molar-refractivity contribution in [3.05, 3.63) is 71.5 Å². The summed E-state index contributed by atoms with van der Waals surface area (Å²) >= 11 is 0. The zero-order chi connectivity index (χ0) is 17.8. The van der Waals surface area contributed by atoms with Crippen molar-refractivity contribution in [3.63, 3.8) is 0 Å². The van der Waals surface area contributed by atoms with E-state index >= 15 is 0 Å². The summed E-state index contributed by atoms with van der Waals surface area (Å²) in [6, 6.07) is 14.4. The number of methoxy groups -OCH3 is 1. The molecule has 25 heavy (non-hydrogen) atoms. The number of rotatable bonds is 4. The number of anilines is 1. The molecule has 0 aliphatic heterocycles. The molecule has 0 unspecified atom stereocenters. The van der Waals surface area contributed by atoms with Crippen LogP contribution >= 0.6 is 0 Å². The van der Waals surface area contributed by atoms with Gasteiger partial charge in [0.15, 0.2) is 0 Å². The summed E-state index contributed by atoms with van der Waals surface area (Å²) in [6.07, 6.45) is 2.95. The van der Waals surface area contributed by atoms with Crippen molar-refractivity contribution in [1.29, 1.82) is 0 Å². The number of esters is 1. The van der Waals surface area contributed by atoms with Crippen LogP contribution in [0, 0.1) is 6.92 Å². The summed E-state index contributed by atoms with van der Waals surface area (Å²) in [6.45, 7) is 2.01. The topological polar surface area (TPSA) is 68.5 Å². The second-order valence-electron chi connectivity index (χ2n) is 5.55. The third-order valence-corrected chi connectivity index (χ3v) is 3.68. The third kappa shape index (κ3) is 3.77. The number of nitrogens with one attached hydrogen (secondary N) is 1. The Labute approximate surface area is 144 Å². The number of aryl methyl sites for hydroxylation is 1. The molecule has 3 rings (SSSR count). The minimum absolute atomic E-state index is 0.297. The summed E-state index contributed by atoms with van der Waals surface area (Å²) < 4.78 is 10.4. The standard InChI is InChI=1S/C20H17NO4/c1-13-7-9-18-14(11-13)12-15(25-18)8-10-19(22)21-17-6-4-3-5-16(17)20(23)24-2/h3-12H,1-2H3,(H,21,22)/b10-8+. The molecule has 1 aromatic heterocycles. The molecule has 1 N–H and O–H groups in total. The summed E-state index contributed by atoms with van der Waals surface area (Å²) in [7, 11) is 1.30. The van der Waals surface area contributed by atoms with Gasteiger partial charge >= 0.3 is 5.97 Å². The quantitative estimate of drug-likeness (QED) is 0.574. The van der Waals surface area contributed by atoms with Crippen LogP contribution in [0.25, 0.3) is 17.0 Å². The summed E-state index contributed by atoms with van der Waals surface area (Å²) in [5.41, 5.74) is 2.60. The average molecular weight is 335 g/mol. The van der Waals surface area contributed by atoms with Crippen molar-refractivity contribution < 1.29 is 18.7 Å². The number of furan rings is 1. The molecule has 0 aliphatic rings. The van der Waals surface area contributed by atoms with Crippen LogP contribution in [0.15, 0.2) is 59.0 Å². The first-order valence-electron chi connectivity index (χ1n) is 7.73. The van der Waals surface area contributed by atoms with Crippen LogP contribution in [0.1, 0.15) is 21.7 Å². The van der Waals surface area contributed by atoms with E-state index in [1.54, 1.807) is 30.3 Å². The molecule has 2 aromatic carbocycles.